The van der Waals surface area contributed by atoms with Crippen molar-refractivity contribution in [2.24, 2.45) is 18.2 Å². The largest absolute Gasteiger partial charge is 0.444 e. The van der Waals surface area contributed by atoms with Crippen molar-refractivity contribution in [3.63, 3.8) is 0 Å². The van der Waals surface area contributed by atoms with Crippen LogP contribution in [-0.2, 0) is 24.8 Å². The van der Waals surface area contributed by atoms with Crippen LogP contribution >= 0.6 is 0 Å². The van der Waals surface area contributed by atoms with Crippen molar-refractivity contribution in [2.75, 3.05) is 11.4 Å². The molecule has 8 heteroatoms. The number of hydrogen-bond acceptors (Lipinski definition) is 5. The summed E-state index contributed by atoms with van der Waals surface area (Å²) in [6.07, 6.45) is 1.49. The van der Waals surface area contributed by atoms with Crippen molar-refractivity contribution < 1.29 is 9.53 Å². The molecule has 1 amide bonds. The predicted molar refractivity (Wildman–Crippen MR) is 137 cm³/mol. The van der Waals surface area contributed by atoms with Crippen molar-refractivity contribution in [3.05, 3.63) is 52.4 Å². The first-order valence-electron chi connectivity index (χ1n) is 11.7. The zero-order valence-electron chi connectivity index (χ0n) is 21.4. The fourth-order valence-corrected chi connectivity index (χ4v) is 4.11. The highest BCUT2D eigenvalue weighted by Crippen LogP contribution is 2.33. The van der Waals surface area contributed by atoms with Gasteiger partial charge in [-0.3, -0.25) is 9.13 Å². The fourth-order valence-electron chi connectivity index (χ4n) is 4.11. The van der Waals surface area contributed by atoms with Crippen LogP contribution in [-0.4, -0.2) is 32.4 Å². The SMILES string of the molecule is CC(C)(C)OC(N)=O.Cn1c(=O)n(CC(C)(C)C)c2ccc(N3CCCc4ccccc43)nc21. The van der Waals surface area contributed by atoms with E-state index in [1.54, 1.807) is 25.3 Å². The van der Waals surface area contributed by atoms with Gasteiger partial charge in [0.25, 0.3) is 0 Å². The van der Waals surface area contributed by atoms with E-state index in [1.807, 2.05) is 23.7 Å². The summed E-state index contributed by atoms with van der Waals surface area (Å²) in [4.78, 5) is 29.9. The number of rotatable bonds is 2. The van der Waals surface area contributed by atoms with Crippen LogP contribution in [0.15, 0.2) is 41.2 Å². The molecular weight excluding hydrogens is 430 g/mol. The third-order valence-electron chi connectivity index (χ3n) is 5.39. The van der Waals surface area contributed by atoms with Crippen LogP contribution in [0.5, 0.6) is 0 Å². The molecule has 184 valence electrons. The lowest BCUT2D eigenvalue weighted by molar-refractivity contribution is 0.0600. The van der Waals surface area contributed by atoms with Crippen molar-refractivity contribution >= 4 is 28.8 Å². The maximum atomic E-state index is 12.7. The molecule has 1 aromatic carbocycles. The molecule has 0 saturated carbocycles. The van der Waals surface area contributed by atoms with Gasteiger partial charge in [0, 0.05) is 25.8 Å². The molecule has 34 heavy (non-hydrogen) atoms. The fraction of sp³-hybridized carbons (Fsp3) is 0.500. The van der Waals surface area contributed by atoms with Gasteiger partial charge in [-0.25, -0.2) is 14.6 Å². The molecular formula is C26H37N5O3. The number of fused-ring (bicyclic) bond motifs is 2. The second-order valence-corrected chi connectivity index (χ2v) is 10.9. The summed E-state index contributed by atoms with van der Waals surface area (Å²) in [6, 6.07) is 12.6. The summed E-state index contributed by atoms with van der Waals surface area (Å²) in [5.41, 5.74) is 8.54. The maximum Gasteiger partial charge on any atom is 0.405 e. The van der Waals surface area contributed by atoms with E-state index in [1.165, 1.54) is 11.3 Å². The Morgan fingerprint density at radius 1 is 1.09 bits per heavy atom. The third kappa shape index (κ3) is 5.98. The molecule has 1 aliphatic heterocycles. The lowest BCUT2D eigenvalue weighted by Crippen LogP contribution is -2.27. The average molecular weight is 468 g/mol. The predicted octanol–water partition coefficient (Wildman–Crippen LogP) is 4.75. The molecule has 0 aliphatic carbocycles. The molecule has 0 atom stereocenters. The van der Waals surface area contributed by atoms with Crippen LogP contribution in [0.4, 0.5) is 16.3 Å². The quantitative estimate of drug-likeness (QED) is 0.587. The van der Waals surface area contributed by atoms with Gasteiger partial charge in [0.05, 0.1) is 5.52 Å². The molecule has 1 aliphatic rings. The van der Waals surface area contributed by atoms with Crippen molar-refractivity contribution in [1.29, 1.82) is 0 Å². The monoisotopic (exact) mass is 467 g/mol. The summed E-state index contributed by atoms with van der Waals surface area (Å²) in [5, 5.41) is 0. The minimum atomic E-state index is -0.725. The highest BCUT2D eigenvalue weighted by atomic mass is 16.6. The molecule has 2 aromatic heterocycles. The number of nitrogens with two attached hydrogens (primary N) is 1. The van der Waals surface area contributed by atoms with Gasteiger partial charge in [0.15, 0.2) is 5.65 Å². The average Bonchev–Trinajstić information content (AvgIpc) is 2.95. The maximum absolute atomic E-state index is 12.7. The van der Waals surface area contributed by atoms with Gasteiger partial charge in [-0.2, -0.15) is 0 Å². The lowest BCUT2D eigenvalue weighted by Gasteiger charge is -2.30. The number of hydrogen-bond donors (Lipinski definition) is 1. The molecule has 3 aromatic rings. The first-order chi connectivity index (χ1) is 15.8. The van der Waals surface area contributed by atoms with Crippen molar-refractivity contribution in [1.82, 2.24) is 14.1 Å². The highest BCUT2D eigenvalue weighted by molar-refractivity contribution is 5.76. The number of ether oxygens (including phenoxy) is 1. The number of primary amides is 1. The molecule has 0 fully saturated rings. The van der Waals surface area contributed by atoms with Crippen LogP contribution in [0.1, 0.15) is 53.5 Å². The number of pyridine rings is 1. The minimum absolute atomic E-state index is 0.00128. The van der Waals surface area contributed by atoms with Gasteiger partial charge in [0.2, 0.25) is 0 Å². The number of carbonyl (C=O) groups excluding carboxylic acids is 1. The number of aryl methyl sites for hydroxylation is 2. The molecule has 2 N–H and O–H groups in total. The van der Waals surface area contributed by atoms with Gasteiger partial charge in [0.1, 0.15) is 11.4 Å². The van der Waals surface area contributed by atoms with E-state index in [2.05, 4.69) is 54.7 Å². The Morgan fingerprint density at radius 3 is 2.35 bits per heavy atom. The van der Waals surface area contributed by atoms with Crippen LogP contribution < -0.4 is 16.3 Å². The zero-order chi connectivity index (χ0) is 25.3. The van der Waals surface area contributed by atoms with E-state index < -0.39 is 11.7 Å². The van der Waals surface area contributed by atoms with Crippen molar-refractivity contribution in [2.45, 2.75) is 66.5 Å². The Balaban J connectivity index is 0.000000350. The molecule has 3 heterocycles. The number of nitrogens with zero attached hydrogens (tertiary/aromatic N) is 4. The van der Waals surface area contributed by atoms with E-state index in [0.717, 1.165) is 36.4 Å². The van der Waals surface area contributed by atoms with Crippen molar-refractivity contribution in [3.8, 4) is 0 Å². The summed E-state index contributed by atoms with van der Waals surface area (Å²) < 4.78 is 8.09. The van der Waals surface area contributed by atoms with E-state index in [0.29, 0.717) is 6.54 Å². The van der Waals surface area contributed by atoms with E-state index in [4.69, 9.17) is 10.7 Å². The van der Waals surface area contributed by atoms with Gasteiger partial charge in [-0.05, 0) is 62.8 Å². The first-order valence-corrected chi connectivity index (χ1v) is 11.7. The molecule has 0 unspecified atom stereocenters. The molecule has 0 saturated heterocycles. The number of carbonyl (C=O) groups is 1. The number of para-hydroxylation sites is 1. The Bertz CT molecular complexity index is 1230. The van der Waals surface area contributed by atoms with E-state index in [-0.39, 0.29) is 11.1 Å². The molecule has 0 spiro atoms. The number of amides is 1. The zero-order valence-corrected chi connectivity index (χ0v) is 21.4. The smallest absolute Gasteiger partial charge is 0.405 e. The highest BCUT2D eigenvalue weighted by Gasteiger charge is 2.22. The van der Waals surface area contributed by atoms with Crippen LogP contribution in [0.2, 0.25) is 0 Å². The second kappa shape index (κ2) is 9.52. The Kier molecular flexibility index (Phi) is 7.10. The Hall–Kier alpha value is -3.29. The number of imidazole rings is 1. The molecule has 4 rings (SSSR count). The Morgan fingerprint density at radius 2 is 1.76 bits per heavy atom. The van der Waals surface area contributed by atoms with Crippen LogP contribution in [0, 0.1) is 5.41 Å². The first kappa shape index (κ1) is 25.3. The number of aromatic nitrogens is 3. The summed E-state index contributed by atoms with van der Waals surface area (Å²) >= 11 is 0. The summed E-state index contributed by atoms with van der Waals surface area (Å²) in [6.45, 7) is 13.3. The molecule has 0 radical (unpaired) electrons. The lowest BCUT2D eigenvalue weighted by atomic mass is 9.97. The number of anilines is 2. The third-order valence-corrected chi connectivity index (χ3v) is 5.39. The van der Waals surface area contributed by atoms with Gasteiger partial charge in [-0.15, -0.1) is 0 Å². The normalized spacial score (nSPS) is 13.8. The second-order valence-electron chi connectivity index (χ2n) is 10.9. The molecule has 8 nitrogen and oxygen atoms in total. The van der Waals surface area contributed by atoms with E-state index >= 15 is 0 Å². The van der Waals surface area contributed by atoms with Crippen LogP contribution in [0.3, 0.4) is 0 Å². The summed E-state index contributed by atoms with van der Waals surface area (Å²) in [7, 11) is 1.81. The standard InChI is InChI=1S/C21H26N4O.C5H11NO2/c1-21(2,3)14-25-17-11-12-18(22-19(17)23(4)20(25)26)24-13-7-9-15-8-5-6-10-16(15)24;1-5(2,3)8-4(6)7/h5-6,8,10-12H,7,9,13-14H2,1-4H3;1-3H3,(H2,6,7). The van der Waals surface area contributed by atoms with Crippen LogP contribution in [0.25, 0.3) is 11.2 Å². The Labute approximate surface area is 201 Å². The minimum Gasteiger partial charge on any atom is -0.444 e. The molecule has 0 bridgehead atoms. The summed E-state index contributed by atoms with van der Waals surface area (Å²) in [5.74, 6) is 0.910. The van der Waals surface area contributed by atoms with Gasteiger partial charge in [-0.1, -0.05) is 39.0 Å². The topological polar surface area (TPSA) is 95.4 Å². The number of benzene rings is 1. The van der Waals surface area contributed by atoms with E-state index in [9.17, 15) is 9.59 Å². The van der Waals surface area contributed by atoms with Gasteiger partial charge >= 0.3 is 11.8 Å². The van der Waals surface area contributed by atoms with Gasteiger partial charge < -0.3 is 15.4 Å².